The third-order valence-electron chi connectivity index (χ3n) is 6.41. The van der Waals surface area contributed by atoms with Gasteiger partial charge in [-0.25, -0.2) is 4.79 Å². The van der Waals surface area contributed by atoms with Gasteiger partial charge < -0.3 is 9.64 Å². The number of hydrogen-bond donors (Lipinski definition) is 0. The van der Waals surface area contributed by atoms with Gasteiger partial charge in [-0.05, 0) is 37.5 Å². The molecular formula is C28H29NO3. The van der Waals surface area contributed by atoms with E-state index in [9.17, 15) is 9.59 Å². The van der Waals surface area contributed by atoms with Crippen LogP contribution < -0.4 is 0 Å². The Balaban J connectivity index is 1.77. The van der Waals surface area contributed by atoms with E-state index in [0.29, 0.717) is 12.8 Å². The van der Waals surface area contributed by atoms with Crippen molar-refractivity contribution in [3.8, 4) is 0 Å². The second-order valence-electron chi connectivity index (χ2n) is 8.98. The van der Waals surface area contributed by atoms with E-state index in [1.165, 1.54) is 0 Å². The van der Waals surface area contributed by atoms with Gasteiger partial charge in [0.15, 0.2) is 5.60 Å². The molecule has 1 amide bonds. The molecule has 32 heavy (non-hydrogen) atoms. The molecule has 0 N–H and O–H groups in total. The van der Waals surface area contributed by atoms with Crippen molar-refractivity contribution in [1.29, 1.82) is 0 Å². The summed E-state index contributed by atoms with van der Waals surface area (Å²) < 4.78 is 5.96. The third-order valence-corrected chi connectivity index (χ3v) is 6.41. The number of carbonyl (C=O) groups excluding carboxylic acids is 2. The topological polar surface area (TPSA) is 46.6 Å². The molecule has 1 saturated heterocycles. The fraction of sp³-hybridized carbons (Fsp3) is 0.286. The van der Waals surface area contributed by atoms with E-state index in [1.807, 2.05) is 105 Å². The van der Waals surface area contributed by atoms with Crippen LogP contribution in [0.3, 0.4) is 0 Å². The molecule has 4 rings (SSSR count). The molecule has 3 aromatic rings. The van der Waals surface area contributed by atoms with Crippen molar-refractivity contribution in [2.75, 3.05) is 0 Å². The third kappa shape index (κ3) is 4.05. The van der Waals surface area contributed by atoms with Gasteiger partial charge in [-0.2, -0.15) is 0 Å². The average molecular weight is 428 g/mol. The van der Waals surface area contributed by atoms with Gasteiger partial charge in [-0.3, -0.25) is 4.79 Å². The second-order valence-corrected chi connectivity index (χ2v) is 8.98. The Kier molecular flexibility index (Phi) is 5.88. The fourth-order valence-corrected chi connectivity index (χ4v) is 4.67. The molecule has 3 atom stereocenters. The molecule has 0 aromatic heterocycles. The highest BCUT2D eigenvalue weighted by atomic mass is 16.6. The fourth-order valence-electron chi connectivity index (χ4n) is 4.67. The zero-order valence-corrected chi connectivity index (χ0v) is 18.8. The summed E-state index contributed by atoms with van der Waals surface area (Å²) >= 11 is 0. The molecule has 0 radical (unpaired) electrons. The Bertz CT molecular complexity index is 1080. The lowest BCUT2D eigenvalue weighted by Gasteiger charge is -2.51. The van der Waals surface area contributed by atoms with Gasteiger partial charge in [0, 0.05) is 12.8 Å². The lowest BCUT2D eigenvalue weighted by atomic mass is 9.82. The Hall–Kier alpha value is -3.40. The smallest absolute Gasteiger partial charge is 0.333 e. The molecule has 4 heteroatoms. The van der Waals surface area contributed by atoms with Crippen molar-refractivity contribution in [3.63, 3.8) is 0 Å². The molecule has 3 aromatic carbocycles. The molecule has 1 fully saturated rings. The van der Waals surface area contributed by atoms with E-state index in [-0.39, 0.29) is 17.9 Å². The van der Waals surface area contributed by atoms with Crippen LogP contribution in [0.2, 0.25) is 0 Å². The monoisotopic (exact) mass is 427 g/mol. The van der Waals surface area contributed by atoms with Crippen LogP contribution in [-0.4, -0.2) is 27.9 Å². The molecule has 0 aliphatic carbocycles. The maximum Gasteiger partial charge on any atom is 0.333 e. The van der Waals surface area contributed by atoms with Gasteiger partial charge in [0.25, 0.3) is 5.91 Å². The molecule has 0 unspecified atom stereocenters. The first kappa shape index (κ1) is 21.8. The summed E-state index contributed by atoms with van der Waals surface area (Å²) in [7, 11) is 0. The highest BCUT2D eigenvalue weighted by Gasteiger charge is 2.58. The zero-order valence-electron chi connectivity index (χ0n) is 18.8. The van der Waals surface area contributed by atoms with Crippen LogP contribution >= 0.6 is 0 Å². The predicted octanol–water partition coefficient (Wildman–Crippen LogP) is 5.14. The summed E-state index contributed by atoms with van der Waals surface area (Å²) in [4.78, 5) is 29.4. The standard InChI is InChI=1S/C28H29NO3/c1-21(24-17-11-6-12-18-24)29-25(30)28(3,20-23-15-9-5-10-16-23)32-26(31)27(29,2)19-22-13-7-4-8-14-22/h4-18,21H,19-20H2,1-3H3/t21-,27-,28-/m0/s1. The van der Waals surface area contributed by atoms with E-state index < -0.39 is 11.1 Å². The minimum atomic E-state index is -1.27. The van der Waals surface area contributed by atoms with Gasteiger partial charge in [0.05, 0.1) is 6.04 Å². The average Bonchev–Trinajstić information content (AvgIpc) is 2.80. The summed E-state index contributed by atoms with van der Waals surface area (Å²) in [6.07, 6.45) is 0.717. The number of ether oxygens (including phenoxy) is 1. The number of hydrogen-bond acceptors (Lipinski definition) is 3. The molecule has 4 nitrogen and oxygen atoms in total. The van der Waals surface area contributed by atoms with Crippen LogP contribution in [0.15, 0.2) is 91.0 Å². The van der Waals surface area contributed by atoms with Crippen LogP contribution in [0.4, 0.5) is 0 Å². The molecule has 1 aliphatic rings. The van der Waals surface area contributed by atoms with Crippen molar-refractivity contribution in [3.05, 3.63) is 108 Å². The maximum absolute atomic E-state index is 14.1. The number of amides is 1. The minimum absolute atomic E-state index is 0.171. The zero-order chi connectivity index (χ0) is 22.8. The normalized spacial score (nSPS) is 24.2. The minimum Gasteiger partial charge on any atom is -0.447 e. The molecular weight excluding hydrogens is 398 g/mol. The van der Waals surface area contributed by atoms with Gasteiger partial charge in [0.1, 0.15) is 5.54 Å². The number of esters is 1. The largest absolute Gasteiger partial charge is 0.447 e. The number of benzene rings is 3. The van der Waals surface area contributed by atoms with Crippen LogP contribution in [0, 0.1) is 0 Å². The Labute approximate surface area is 189 Å². The maximum atomic E-state index is 14.1. The molecule has 0 saturated carbocycles. The number of morpholine rings is 1. The van der Waals surface area contributed by atoms with E-state index in [2.05, 4.69) is 0 Å². The van der Waals surface area contributed by atoms with Gasteiger partial charge in [-0.1, -0.05) is 91.0 Å². The number of rotatable bonds is 6. The predicted molar refractivity (Wildman–Crippen MR) is 125 cm³/mol. The van der Waals surface area contributed by atoms with Gasteiger partial charge in [-0.15, -0.1) is 0 Å². The van der Waals surface area contributed by atoms with Gasteiger partial charge in [0.2, 0.25) is 0 Å². The summed E-state index contributed by atoms with van der Waals surface area (Å²) in [6.45, 7) is 5.53. The lowest BCUT2D eigenvalue weighted by molar-refractivity contribution is -0.203. The Morgan fingerprint density at radius 3 is 1.75 bits per heavy atom. The van der Waals surface area contributed by atoms with Crippen molar-refractivity contribution < 1.29 is 14.3 Å². The van der Waals surface area contributed by atoms with E-state index in [4.69, 9.17) is 4.74 Å². The number of carbonyl (C=O) groups is 2. The summed E-state index contributed by atoms with van der Waals surface area (Å²) in [6, 6.07) is 29.0. The number of cyclic esters (lactones) is 1. The molecule has 164 valence electrons. The summed E-state index contributed by atoms with van der Waals surface area (Å²) in [5, 5.41) is 0. The van der Waals surface area contributed by atoms with Crippen LogP contribution in [0.1, 0.15) is 43.5 Å². The highest BCUT2D eigenvalue weighted by Crippen LogP contribution is 2.40. The molecule has 0 bridgehead atoms. The Morgan fingerprint density at radius 1 is 0.750 bits per heavy atom. The first-order valence-corrected chi connectivity index (χ1v) is 11.0. The van der Waals surface area contributed by atoms with E-state index in [1.54, 1.807) is 11.8 Å². The second kappa shape index (κ2) is 8.62. The Morgan fingerprint density at radius 2 is 1.22 bits per heavy atom. The van der Waals surface area contributed by atoms with Crippen LogP contribution in [-0.2, 0) is 27.2 Å². The van der Waals surface area contributed by atoms with E-state index >= 15 is 0 Å². The van der Waals surface area contributed by atoms with Crippen LogP contribution in [0.5, 0.6) is 0 Å². The van der Waals surface area contributed by atoms with Crippen LogP contribution in [0.25, 0.3) is 0 Å². The first-order valence-electron chi connectivity index (χ1n) is 11.0. The van der Waals surface area contributed by atoms with Crippen molar-refractivity contribution in [2.24, 2.45) is 0 Å². The first-order chi connectivity index (χ1) is 15.3. The van der Waals surface area contributed by atoms with E-state index in [0.717, 1.165) is 16.7 Å². The molecule has 1 aliphatic heterocycles. The summed E-state index contributed by atoms with van der Waals surface area (Å²) in [5.74, 6) is -0.544. The quantitative estimate of drug-likeness (QED) is 0.512. The van der Waals surface area contributed by atoms with Crippen molar-refractivity contribution in [1.82, 2.24) is 4.90 Å². The molecule has 1 heterocycles. The van der Waals surface area contributed by atoms with Crippen molar-refractivity contribution >= 4 is 11.9 Å². The molecule has 0 spiro atoms. The highest BCUT2D eigenvalue weighted by molar-refractivity contribution is 5.98. The van der Waals surface area contributed by atoms with Gasteiger partial charge >= 0.3 is 5.97 Å². The van der Waals surface area contributed by atoms with Crippen molar-refractivity contribution in [2.45, 2.75) is 50.8 Å². The SMILES string of the molecule is C[C@@H](c1ccccc1)N1C(=O)[C@](C)(Cc2ccccc2)OC(=O)[C@]1(C)Cc1ccccc1. The lowest BCUT2D eigenvalue weighted by Crippen LogP contribution is -2.69. The summed E-state index contributed by atoms with van der Waals surface area (Å²) in [5.41, 5.74) is 0.533. The number of nitrogens with zero attached hydrogens (tertiary/aromatic N) is 1.